The maximum Gasteiger partial charge on any atom is 0.252 e. The summed E-state index contributed by atoms with van der Waals surface area (Å²) >= 11 is 5.64. The largest absolute Gasteiger partial charge is 0.352 e. The molecule has 2 unspecified atom stereocenters. The number of halogens is 1. The van der Waals surface area contributed by atoms with Gasteiger partial charge in [0.1, 0.15) is 5.88 Å². The highest BCUT2D eigenvalue weighted by molar-refractivity contribution is 6.27. The number of rotatable bonds is 4. The molecule has 0 aromatic heterocycles. The quantitative estimate of drug-likeness (QED) is 0.797. The second-order valence-corrected chi connectivity index (χ2v) is 8.48. The predicted octanol–water partition coefficient (Wildman–Crippen LogP) is 3.33. The fourth-order valence-electron chi connectivity index (χ4n) is 5.39. The van der Waals surface area contributed by atoms with Gasteiger partial charge in [-0.3, -0.25) is 9.59 Å². The number of hydrogen-bond donors (Lipinski definition) is 2. The van der Waals surface area contributed by atoms with Crippen molar-refractivity contribution in [3.05, 3.63) is 47.0 Å². The molecule has 0 heterocycles. The first kappa shape index (κ1) is 17.1. The van der Waals surface area contributed by atoms with Crippen LogP contribution >= 0.6 is 11.6 Å². The summed E-state index contributed by atoms with van der Waals surface area (Å²) in [5.74, 6) is -0.126. The number of carbonyl (C=O) groups is 2. The summed E-state index contributed by atoms with van der Waals surface area (Å²) in [4.78, 5) is 24.8. The lowest BCUT2D eigenvalue weighted by molar-refractivity contribution is -0.126. The van der Waals surface area contributed by atoms with Crippen LogP contribution in [0.4, 0.5) is 0 Å². The van der Waals surface area contributed by atoms with Gasteiger partial charge in [0.05, 0.1) is 0 Å². The Morgan fingerprint density at radius 3 is 2.48 bits per heavy atom. The van der Waals surface area contributed by atoms with Crippen LogP contribution in [0, 0.1) is 5.41 Å². The molecule has 140 valence electrons. The lowest BCUT2D eigenvalue weighted by Crippen LogP contribution is -2.71. The standard InChI is InChI=1S/C22H23ClN2O2/c23-12-19(26)24-17-11-18(22(17)9-2-10-22)25-21(27)16-8-7-14-6-5-13-3-1-4-15(16)20(13)14/h1,3-4,7-8,17-18H,2,5-6,9-12H2,(H,24,26)(H,25,27). The van der Waals surface area contributed by atoms with E-state index in [1.54, 1.807) is 0 Å². The molecular weight excluding hydrogens is 360 g/mol. The molecule has 2 aromatic rings. The molecule has 2 amide bonds. The van der Waals surface area contributed by atoms with Crippen molar-refractivity contribution < 1.29 is 9.59 Å². The van der Waals surface area contributed by atoms with Crippen molar-refractivity contribution in [3.63, 3.8) is 0 Å². The van der Waals surface area contributed by atoms with E-state index in [1.165, 1.54) is 16.5 Å². The SMILES string of the molecule is O=C(CCl)NC1CC(NC(=O)c2ccc3c4c(cccc24)CC3)C12CCC2. The number of hydrogen-bond acceptors (Lipinski definition) is 2. The Balaban J connectivity index is 1.38. The van der Waals surface area contributed by atoms with Gasteiger partial charge in [-0.05, 0) is 60.1 Å². The van der Waals surface area contributed by atoms with E-state index in [-0.39, 0.29) is 35.2 Å². The molecule has 2 atom stereocenters. The second kappa shape index (κ2) is 6.23. The van der Waals surface area contributed by atoms with Gasteiger partial charge in [0.25, 0.3) is 5.91 Å². The summed E-state index contributed by atoms with van der Waals surface area (Å²) in [5.41, 5.74) is 3.48. The Bertz CT molecular complexity index is 940. The van der Waals surface area contributed by atoms with E-state index in [0.29, 0.717) is 0 Å². The van der Waals surface area contributed by atoms with Crippen LogP contribution in [0.1, 0.15) is 47.2 Å². The van der Waals surface area contributed by atoms with Gasteiger partial charge < -0.3 is 10.6 Å². The molecule has 0 bridgehead atoms. The van der Waals surface area contributed by atoms with Crippen molar-refractivity contribution >= 4 is 34.2 Å². The lowest BCUT2D eigenvalue weighted by atomic mass is 9.49. The number of carbonyl (C=O) groups excluding carboxylic acids is 2. The summed E-state index contributed by atoms with van der Waals surface area (Å²) in [7, 11) is 0. The summed E-state index contributed by atoms with van der Waals surface area (Å²) in [6.45, 7) is 0. The molecule has 2 fully saturated rings. The number of aryl methyl sites for hydroxylation is 2. The first-order valence-corrected chi connectivity index (χ1v) is 10.4. The van der Waals surface area contributed by atoms with Gasteiger partial charge in [0.2, 0.25) is 5.91 Å². The van der Waals surface area contributed by atoms with Crippen LogP contribution in [0.3, 0.4) is 0 Å². The van der Waals surface area contributed by atoms with Crippen molar-refractivity contribution in [2.24, 2.45) is 5.41 Å². The zero-order valence-corrected chi connectivity index (χ0v) is 15.9. The summed E-state index contributed by atoms with van der Waals surface area (Å²) in [6, 6.07) is 10.6. The smallest absolute Gasteiger partial charge is 0.252 e. The average molecular weight is 383 g/mol. The van der Waals surface area contributed by atoms with E-state index in [1.807, 2.05) is 6.07 Å². The molecule has 5 rings (SSSR count). The molecule has 4 nitrogen and oxygen atoms in total. The topological polar surface area (TPSA) is 58.2 Å². The third kappa shape index (κ3) is 2.49. The van der Waals surface area contributed by atoms with Crippen LogP contribution < -0.4 is 10.6 Å². The maximum atomic E-state index is 13.1. The zero-order valence-electron chi connectivity index (χ0n) is 15.2. The fourth-order valence-corrected chi connectivity index (χ4v) is 5.47. The highest BCUT2D eigenvalue weighted by atomic mass is 35.5. The van der Waals surface area contributed by atoms with Gasteiger partial charge in [-0.1, -0.05) is 30.7 Å². The molecule has 27 heavy (non-hydrogen) atoms. The Morgan fingerprint density at radius 1 is 1.04 bits per heavy atom. The van der Waals surface area contributed by atoms with Crippen LogP contribution in [-0.4, -0.2) is 29.8 Å². The predicted molar refractivity (Wildman–Crippen MR) is 106 cm³/mol. The number of nitrogens with one attached hydrogen (secondary N) is 2. The van der Waals surface area contributed by atoms with E-state index in [2.05, 4.69) is 34.9 Å². The highest BCUT2D eigenvalue weighted by Crippen LogP contribution is 2.56. The van der Waals surface area contributed by atoms with E-state index in [4.69, 9.17) is 11.6 Å². The third-order valence-corrected chi connectivity index (χ3v) is 7.27. The minimum Gasteiger partial charge on any atom is -0.352 e. The minimum atomic E-state index is -0.120. The average Bonchev–Trinajstić information content (AvgIpc) is 3.04. The van der Waals surface area contributed by atoms with Gasteiger partial charge in [-0.15, -0.1) is 11.6 Å². The first-order chi connectivity index (χ1) is 13.1. The van der Waals surface area contributed by atoms with Crippen LogP contribution in [0.5, 0.6) is 0 Å². The molecule has 2 aromatic carbocycles. The van der Waals surface area contributed by atoms with Gasteiger partial charge in [-0.2, -0.15) is 0 Å². The molecule has 3 aliphatic rings. The highest BCUT2D eigenvalue weighted by Gasteiger charge is 2.59. The lowest BCUT2D eigenvalue weighted by Gasteiger charge is -2.61. The monoisotopic (exact) mass is 382 g/mol. The zero-order chi connectivity index (χ0) is 18.6. The van der Waals surface area contributed by atoms with Gasteiger partial charge in [0, 0.05) is 23.1 Å². The third-order valence-electron chi connectivity index (χ3n) is 7.03. The molecular formula is C22H23ClN2O2. The van der Waals surface area contributed by atoms with E-state index < -0.39 is 0 Å². The molecule has 3 aliphatic carbocycles. The van der Waals surface area contributed by atoms with Crippen molar-refractivity contribution in [1.82, 2.24) is 10.6 Å². The van der Waals surface area contributed by atoms with Crippen LogP contribution in [0.2, 0.25) is 0 Å². The van der Waals surface area contributed by atoms with Crippen LogP contribution in [-0.2, 0) is 17.6 Å². The fraction of sp³-hybridized carbons (Fsp3) is 0.455. The molecule has 0 saturated heterocycles. The minimum absolute atomic E-state index is 0.00370. The summed E-state index contributed by atoms with van der Waals surface area (Å²) in [5, 5.41) is 8.64. The Hall–Kier alpha value is -2.07. The Morgan fingerprint density at radius 2 is 1.78 bits per heavy atom. The van der Waals surface area contributed by atoms with E-state index in [0.717, 1.165) is 49.5 Å². The molecule has 5 heteroatoms. The molecule has 1 spiro atoms. The number of alkyl halides is 1. The van der Waals surface area contributed by atoms with Crippen LogP contribution in [0.15, 0.2) is 30.3 Å². The summed E-state index contributed by atoms with van der Waals surface area (Å²) < 4.78 is 0. The van der Waals surface area contributed by atoms with E-state index in [9.17, 15) is 9.59 Å². The van der Waals surface area contributed by atoms with Gasteiger partial charge in [-0.25, -0.2) is 0 Å². The number of amides is 2. The Labute approximate surface area is 163 Å². The molecule has 2 N–H and O–H groups in total. The maximum absolute atomic E-state index is 13.1. The second-order valence-electron chi connectivity index (χ2n) is 8.21. The Kier molecular flexibility index (Phi) is 3.94. The van der Waals surface area contributed by atoms with Crippen molar-refractivity contribution in [3.8, 4) is 0 Å². The number of benzene rings is 2. The van der Waals surface area contributed by atoms with Gasteiger partial charge in [0.15, 0.2) is 0 Å². The molecule has 2 saturated carbocycles. The van der Waals surface area contributed by atoms with Crippen molar-refractivity contribution in [2.75, 3.05) is 5.88 Å². The van der Waals surface area contributed by atoms with Gasteiger partial charge >= 0.3 is 0 Å². The van der Waals surface area contributed by atoms with Crippen LogP contribution in [0.25, 0.3) is 10.8 Å². The summed E-state index contributed by atoms with van der Waals surface area (Å²) in [6.07, 6.45) is 6.16. The molecule has 0 aliphatic heterocycles. The van der Waals surface area contributed by atoms with E-state index >= 15 is 0 Å². The normalized spacial score (nSPS) is 24.3. The first-order valence-electron chi connectivity index (χ1n) is 9.82. The van der Waals surface area contributed by atoms with Crippen molar-refractivity contribution in [1.29, 1.82) is 0 Å². The van der Waals surface area contributed by atoms with Crippen molar-refractivity contribution in [2.45, 2.75) is 50.6 Å². The molecule has 0 radical (unpaired) electrons.